The third-order valence-corrected chi connectivity index (χ3v) is 3.28. The Labute approximate surface area is 126 Å². The summed E-state index contributed by atoms with van der Waals surface area (Å²) in [6.07, 6.45) is -0.140. The quantitative estimate of drug-likeness (QED) is 0.835. The summed E-state index contributed by atoms with van der Waals surface area (Å²) in [7, 11) is 1.49. The van der Waals surface area contributed by atoms with Crippen molar-refractivity contribution < 1.29 is 18.3 Å². The van der Waals surface area contributed by atoms with Crippen LogP contribution in [0.1, 0.15) is 11.1 Å². The van der Waals surface area contributed by atoms with Gasteiger partial charge in [-0.15, -0.1) is 0 Å². The molecule has 2 nitrogen and oxygen atoms in total. The van der Waals surface area contributed by atoms with E-state index in [4.69, 9.17) is 16.3 Å². The Bertz CT molecular complexity index is 671. The number of ether oxygens (including phenoxy) is 1. The molecule has 2 aromatic rings. The van der Waals surface area contributed by atoms with Gasteiger partial charge in [0.25, 0.3) is 0 Å². The van der Waals surface area contributed by atoms with E-state index < -0.39 is 11.6 Å². The third kappa shape index (κ3) is 3.79. The Morgan fingerprint density at radius 2 is 1.86 bits per heavy atom. The average molecular weight is 311 g/mol. The number of halogens is 3. The smallest absolute Gasteiger partial charge is 0.162 e. The molecule has 0 atom stereocenters. The fourth-order valence-corrected chi connectivity index (χ4v) is 2.25. The summed E-state index contributed by atoms with van der Waals surface area (Å²) >= 11 is 5.89. The van der Waals surface area contributed by atoms with Crippen molar-refractivity contribution in [1.29, 1.82) is 0 Å². The number of hydrogen-bond donors (Lipinski definition) is 0. The number of methoxy groups -OCH3 is 1. The van der Waals surface area contributed by atoms with Crippen LogP contribution in [0.25, 0.3) is 0 Å². The number of hydrogen-bond acceptors (Lipinski definition) is 2. The minimum Gasteiger partial charge on any atom is -0.496 e. The van der Waals surface area contributed by atoms with Gasteiger partial charge in [0.15, 0.2) is 11.6 Å². The van der Waals surface area contributed by atoms with Crippen molar-refractivity contribution in [3.63, 3.8) is 0 Å². The molecular formula is C16H13ClF2O2. The van der Waals surface area contributed by atoms with Crippen molar-refractivity contribution in [2.75, 3.05) is 7.11 Å². The van der Waals surface area contributed by atoms with Gasteiger partial charge in [-0.05, 0) is 29.8 Å². The molecule has 0 amide bonds. The topological polar surface area (TPSA) is 26.3 Å². The standard InChI is InChI=1S/C16H13ClF2O2/c1-21-15-6-5-12(17)7-11(15)9-13(20)8-10-3-2-4-14(18)16(10)19/h2-7H,8-9H2,1H3. The molecule has 2 aromatic carbocycles. The molecule has 0 N–H and O–H groups in total. The monoisotopic (exact) mass is 310 g/mol. The summed E-state index contributed by atoms with van der Waals surface area (Å²) in [6, 6.07) is 8.73. The maximum Gasteiger partial charge on any atom is 0.162 e. The van der Waals surface area contributed by atoms with Gasteiger partial charge in [-0.3, -0.25) is 4.79 Å². The normalized spacial score (nSPS) is 10.5. The van der Waals surface area contributed by atoms with Gasteiger partial charge < -0.3 is 4.74 Å². The summed E-state index contributed by atoms with van der Waals surface area (Å²) in [5.74, 6) is -1.66. The molecule has 0 aliphatic rings. The van der Waals surface area contributed by atoms with Gasteiger partial charge in [0, 0.05) is 23.4 Å². The van der Waals surface area contributed by atoms with E-state index in [1.807, 2.05) is 0 Å². The lowest BCUT2D eigenvalue weighted by molar-refractivity contribution is -0.117. The van der Waals surface area contributed by atoms with Crippen LogP contribution >= 0.6 is 11.6 Å². The lowest BCUT2D eigenvalue weighted by Crippen LogP contribution is -2.09. The molecule has 0 fully saturated rings. The molecule has 0 bridgehead atoms. The van der Waals surface area contributed by atoms with Crippen LogP contribution in [0.5, 0.6) is 5.75 Å². The van der Waals surface area contributed by atoms with Gasteiger partial charge in [-0.2, -0.15) is 0 Å². The highest BCUT2D eigenvalue weighted by Crippen LogP contribution is 2.24. The maximum absolute atomic E-state index is 13.5. The van der Waals surface area contributed by atoms with E-state index in [0.29, 0.717) is 16.3 Å². The molecular weight excluding hydrogens is 298 g/mol. The number of carbonyl (C=O) groups excluding carboxylic acids is 1. The van der Waals surface area contributed by atoms with E-state index in [9.17, 15) is 13.6 Å². The zero-order valence-electron chi connectivity index (χ0n) is 11.3. The molecule has 0 aliphatic carbocycles. The minimum atomic E-state index is -0.982. The van der Waals surface area contributed by atoms with E-state index in [2.05, 4.69) is 0 Å². The van der Waals surface area contributed by atoms with E-state index in [1.54, 1.807) is 18.2 Å². The van der Waals surface area contributed by atoms with Crippen LogP contribution < -0.4 is 4.74 Å². The predicted octanol–water partition coefficient (Wildman–Crippen LogP) is 3.98. The van der Waals surface area contributed by atoms with Crippen LogP contribution in [0, 0.1) is 11.6 Å². The highest BCUT2D eigenvalue weighted by Gasteiger charge is 2.14. The second-order valence-corrected chi connectivity index (χ2v) is 5.00. The number of benzene rings is 2. The summed E-state index contributed by atoms with van der Waals surface area (Å²) < 4.78 is 31.8. The van der Waals surface area contributed by atoms with E-state index in [0.717, 1.165) is 6.07 Å². The SMILES string of the molecule is COc1ccc(Cl)cc1CC(=O)Cc1cccc(F)c1F. The van der Waals surface area contributed by atoms with Crippen LogP contribution in [0.3, 0.4) is 0 Å². The molecule has 21 heavy (non-hydrogen) atoms. The molecule has 0 saturated carbocycles. The fraction of sp³-hybridized carbons (Fsp3) is 0.188. The van der Waals surface area contributed by atoms with E-state index >= 15 is 0 Å². The second kappa shape index (κ2) is 6.68. The predicted molar refractivity (Wildman–Crippen MR) is 76.8 cm³/mol. The van der Waals surface area contributed by atoms with Crippen molar-refractivity contribution in [1.82, 2.24) is 0 Å². The fourth-order valence-electron chi connectivity index (χ4n) is 2.06. The van der Waals surface area contributed by atoms with Crippen molar-refractivity contribution in [2.24, 2.45) is 0 Å². The van der Waals surface area contributed by atoms with E-state index in [-0.39, 0.29) is 24.2 Å². The molecule has 5 heteroatoms. The largest absolute Gasteiger partial charge is 0.496 e. The number of rotatable bonds is 5. The van der Waals surface area contributed by atoms with Crippen molar-refractivity contribution in [3.05, 3.63) is 64.2 Å². The Balaban J connectivity index is 2.15. The molecule has 0 saturated heterocycles. The first-order valence-corrected chi connectivity index (χ1v) is 6.66. The Hall–Kier alpha value is -1.94. The zero-order valence-corrected chi connectivity index (χ0v) is 12.1. The molecule has 0 aromatic heterocycles. The summed E-state index contributed by atoms with van der Waals surface area (Å²) in [5.41, 5.74) is 0.660. The van der Waals surface area contributed by atoms with Gasteiger partial charge in [0.1, 0.15) is 11.5 Å². The number of ketones is 1. The number of carbonyl (C=O) groups is 1. The van der Waals surface area contributed by atoms with Gasteiger partial charge in [0.2, 0.25) is 0 Å². The lowest BCUT2D eigenvalue weighted by atomic mass is 10.0. The maximum atomic E-state index is 13.5. The molecule has 0 heterocycles. The molecule has 0 radical (unpaired) electrons. The van der Waals surface area contributed by atoms with Crippen molar-refractivity contribution >= 4 is 17.4 Å². The Morgan fingerprint density at radius 3 is 2.57 bits per heavy atom. The highest BCUT2D eigenvalue weighted by molar-refractivity contribution is 6.30. The van der Waals surface area contributed by atoms with Crippen LogP contribution in [-0.2, 0) is 17.6 Å². The van der Waals surface area contributed by atoms with E-state index in [1.165, 1.54) is 19.2 Å². The molecule has 2 rings (SSSR count). The van der Waals surface area contributed by atoms with Gasteiger partial charge >= 0.3 is 0 Å². The Morgan fingerprint density at radius 1 is 1.14 bits per heavy atom. The summed E-state index contributed by atoms with van der Waals surface area (Å²) in [4.78, 5) is 12.0. The molecule has 110 valence electrons. The lowest BCUT2D eigenvalue weighted by Gasteiger charge is -2.09. The first-order valence-electron chi connectivity index (χ1n) is 6.28. The van der Waals surface area contributed by atoms with Crippen LogP contribution in [0.15, 0.2) is 36.4 Å². The second-order valence-electron chi connectivity index (χ2n) is 4.56. The minimum absolute atomic E-state index is 0.0414. The summed E-state index contributed by atoms with van der Waals surface area (Å²) in [6.45, 7) is 0. The van der Waals surface area contributed by atoms with Crippen LogP contribution in [-0.4, -0.2) is 12.9 Å². The number of Topliss-reactive ketones (excluding diaryl/α,β-unsaturated/α-hetero) is 1. The van der Waals surface area contributed by atoms with Gasteiger partial charge in [0.05, 0.1) is 7.11 Å². The zero-order chi connectivity index (χ0) is 15.4. The van der Waals surface area contributed by atoms with Gasteiger partial charge in [-0.1, -0.05) is 23.7 Å². The average Bonchev–Trinajstić information content (AvgIpc) is 2.44. The summed E-state index contributed by atoms with van der Waals surface area (Å²) in [5, 5.41) is 0.482. The van der Waals surface area contributed by atoms with Crippen molar-refractivity contribution in [3.8, 4) is 5.75 Å². The van der Waals surface area contributed by atoms with Crippen LogP contribution in [0.2, 0.25) is 5.02 Å². The third-order valence-electron chi connectivity index (χ3n) is 3.05. The molecule has 0 aliphatic heterocycles. The first kappa shape index (κ1) is 15.4. The Kier molecular flexibility index (Phi) is 4.91. The molecule has 0 spiro atoms. The van der Waals surface area contributed by atoms with Crippen molar-refractivity contribution in [2.45, 2.75) is 12.8 Å². The van der Waals surface area contributed by atoms with Gasteiger partial charge in [-0.25, -0.2) is 8.78 Å². The highest BCUT2D eigenvalue weighted by atomic mass is 35.5. The first-order chi connectivity index (χ1) is 10.0. The molecule has 0 unspecified atom stereocenters. The van der Waals surface area contributed by atoms with Crippen LogP contribution in [0.4, 0.5) is 8.78 Å².